The average molecular weight is 447 g/mol. The lowest BCUT2D eigenvalue weighted by atomic mass is 9.95. The molecule has 166 valence electrons. The van der Waals surface area contributed by atoms with E-state index in [1.54, 1.807) is 7.11 Å². The van der Waals surface area contributed by atoms with Crippen LogP contribution >= 0.6 is 0 Å². The Bertz CT molecular complexity index is 1020. The van der Waals surface area contributed by atoms with Crippen LogP contribution in [0.4, 0.5) is 4.39 Å². The number of methoxy groups -OCH3 is 1. The van der Waals surface area contributed by atoms with Gasteiger partial charge in [0.2, 0.25) is 15.9 Å². The summed E-state index contributed by atoms with van der Waals surface area (Å²) in [5.41, 5.74) is 1.10. The number of hydrogen-bond donors (Lipinski definition) is 0. The molecule has 1 atom stereocenters. The first-order chi connectivity index (χ1) is 14.9. The van der Waals surface area contributed by atoms with Gasteiger partial charge in [-0.05, 0) is 67.6 Å². The van der Waals surface area contributed by atoms with Crippen molar-refractivity contribution in [1.29, 1.82) is 0 Å². The minimum absolute atomic E-state index is 0.0550. The van der Waals surface area contributed by atoms with Crippen molar-refractivity contribution in [1.82, 2.24) is 9.21 Å². The van der Waals surface area contributed by atoms with E-state index in [9.17, 15) is 17.6 Å². The molecule has 2 saturated heterocycles. The molecule has 4 rings (SSSR count). The number of rotatable bonds is 5. The molecule has 0 aromatic heterocycles. The van der Waals surface area contributed by atoms with Gasteiger partial charge in [0.05, 0.1) is 18.0 Å². The quantitative estimate of drug-likeness (QED) is 0.704. The van der Waals surface area contributed by atoms with Crippen LogP contribution < -0.4 is 4.74 Å². The molecular formula is C23H27FN2O4S. The fourth-order valence-electron chi connectivity index (χ4n) is 4.54. The first kappa shape index (κ1) is 21.8. The van der Waals surface area contributed by atoms with E-state index in [1.165, 1.54) is 16.4 Å². The van der Waals surface area contributed by atoms with Gasteiger partial charge < -0.3 is 9.64 Å². The maximum atomic E-state index is 13.3. The summed E-state index contributed by atoms with van der Waals surface area (Å²) in [5, 5.41) is 0. The van der Waals surface area contributed by atoms with Gasteiger partial charge in [0.1, 0.15) is 11.6 Å². The molecule has 1 unspecified atom stereocenters. The molecule has 8 heteroatoms. The van der Waals surface area contributed by atoms with Gasteiger partial charge in [0.15, 0.2) is 0 Å². The van der Waals surface area contributed by atoms with E-state index in [2.05, 4.69) is 0 Å². The molecule has 0 spiro atoms. The SMILES string of the molecule is COc1ccc(C2CCCN2C(=O)C2CCN(S(=O)(=O)c3ccc(F)cc3)CC2)cc1. The second-order valence-corrected chi connectivity index (χ2v) is 10.0. The van der Waals surface area contributed by atoms with Crippen molar-refractivity contribution in [3.63, 3.8) is 0 Å². The Balaban J connectivity index is 1.41. The minimum Gasteiger partial charge on any atom is -0.497 e. The molecule has 2 heterocycles. The summed E-state index contributed by atoms with van der Waals surface area (Å²) < 4.78 is 45.4. The Morgan fingerprint density at radius 1 is 0.968 bits per heavy atom. The highest BCUT2D eigenvalue weighted by atomic mass is 32.2. The number of benzene rings is 2. The predicted octanol–water partition coefficient (Wildman–Crippen LogP) is 3.60. The third-order valence-electron chi connectivity index (χ3n) is 6.29. The van der Waals surface area contributed by atoms with E-state index >= 15 is 0 Å². The summed E-state index contributed by atoms with van der Waals surface area (Å²) >= 11 is 0. The maximum absolute atomic E-state index is 13.3. The standard InChI is InChI=1S/C23H27FN2O4S/c1-30-20-8-4-17(5-9-20)22-3-2-14-26(22)23(27)18-12-15-25(16-13-18)31(28,29)21-10-6-19(24)7-11-21/h4-11,18,22H,2-3,12-16H2,1H3. The number of hydrogen-bond acceptors (Lipinski definition) is 4. The second kappa shape index (κ2) is 8.96. The third kappa shape index (κ3) is 4.45. The number of nitrogens with zero attached hydrogens (tertiary/aromatic N) is 2. The number of likely N-dealkylation sites (tertiary alicyclic amines) is 1. The number of amides is 1. The van der Waals surface area contributed by atoms with Crippen LogP contribution in [0.2, 0.25) is 0 Å². The predicted molar refractivity (Wildman–Crippen MR) is 115 cm³/mol. The van der Waals surface area contributed by atoms with Crippen molar-refractivity contribution in [3.05, 3.63) is 59.9 Å². The number of carbonyl (C=O) groups is 1. The van der Waals surface area contributed by atoms with Gasteiger partial charge >= 0.3 is 0 Å². The van der Waals surface area contributed by atoms with E-state index in [4.69, 9.17) is 4.74 Å². The summed E-state index contributed by atoms with van der Waals surface area (Å²) in [4.78, 5) is 15.3. The molecule has 0 radical (unpaired) electrons. The average Bonchev–Trinajstić information content (AvgIpc) is 3.29. The monoisotopic (exact) mass is 446 g/mol. The van der Waals surface area contributed by atoms with Gasteiger partial charge in [-0.15, -0.1) is 0 Å². The van der Waals surface area contributed by atoms with Crippen molar-refractivity contribution in [2.75, 3.05) is 26.7 Å². The molecule has 2 aromatic carbocycles. The molecule has 0 N–H and O–H groups in total. The molecule has 0 aliphatic carbocycles. The fourth-order valence-corrected chi connectivity index (χ4v) is 6.01. The molecule has 1 amide bonds. The summed E-state index contributed by atoms with van der Waals surface area (Å²) in [5.74, 6) is 0.241. The van der Waals surface area contributed by atoms with Gasteiger partial charge in [-0.25, -0.2) is 12.8 Å². The van der Waals surface area contributed by atoms with Crippen LogP contribution in [0, 0.1) is 11.7 Å². The number of ether oxygens (including phenoxy) is 1. The van der Waals surface area contributed by atoms with Gasteiger partial charge in [-0.3, -0.25) is 4.79 Å². The summed E-state index contributed by atoms with van der Waals surface area (Å²) in [7, 11) is -2.05. The van der Waals surface area contributed by atoms with Crippen LogP contribution in [0.15, 0.2) is 53.4 Å². The second-order valence-electron chi connectivity index (χ2n) is 8.10. The zero-order valence-corrected chi connectivity index (χ0v) is 18.4. The molecular weight excluding hydrogens is 419 g/mol. The molecule has 31 heavy (non-hydrogen) atoms. The van der Waals surface area contributed by atoms with Crippen LogP contribution in [-0.2, 0) is 14.8 Å². The zero-order valence-electron chi connectivity index (χ0n) is 17.5. The topological polar surface area (TPSA) is 66.9 Å². The number of sulfonamides is 1. The Morgan fingerprint density at radius 3 is 2.23 bits per heavy atom. The van der Waals surface area contributed by atoms with E-state index in [1.807, 2.05) is 29.2 Å². The van der Waals surface area contributed by atoms with Crippen LogP contribution in [0.25, 0.3) is 0 Å². The molecule has 2 aliphatic heterocycles. The Morgan fingerprint density at radius 2 is 1.61 bits per heavy atom. The van der Waals surface area contributed by atoms with Crippen molar-refractivity contribution in [3.8, 4) is 5.75 Å². The highest BCUT2D eigenvalue weighted by Gasteiger charge is 2.37. The van der Waals surface area contributed by atoms with Crippen molar-refractivity contribution < 1.29 is 22.3 Å². The largest absolute Gasteiger partial charge is 0.497 e. The number of halogens is 1. The summed E-state index contributed by atoms with van der Waals surface area (Å²) in [6.07, 6.45) is 2.87. The van der Waals surface area contributed by atoms with Gasteiger partial charge in [-0.2, -0.15) is 4.31 Å². The third-order valence-corrected chi connectivity index (χ3v) is 8.20. The highest BCUT2D eigenvalue weighted by molar-refractivity contribution is 7.89. The molecule has 6 nitrogen and oxygen atoms in total. The van der Waals surface area contributed by atoms with E-state index < -0.39 is 15.8 Å². The molecule has 2 fully saturated rings. The van der Waals surface area contributed by atoms with E-state index in [0.717, 1.165) is 42.8 Å². The first-order valence-corrected chi connectivity index (χ1v) is 12.0. The maximum Gasteiger partial charge on any atom is 0.243 e. The molecule has 0 bridgehead atoms. The normalized spacial score (nSPS) is 20.7. The van der Waals surface area contributed by atoms with Crippen molar-refractivity contribution in [2.45, 2.75) is 36.6 Å². The van der Waals surface area contributed by atoms with Gasteiger partial charge in [0, 0.05) is 25.6 Å². The number of carbonyl (C=O) groups excluding carboxylic acids is 1. The van der Waals surface area contributed by atoms with Crippen LogP contribution in [0.3, 0.4) is 0 Å². The van der Waals surface area contributed by atoms with Crippen molar-refractivity contribution in [2.24, 2.45) is 5.92 Å². The Labute approximate surface area is 182 Å². The van der Waals surface area contributed by atoms with E-state index in [-0.39, 0.29) is 35.9 Å². The van der Waals surface area contributed by atoms with Gasteiger partial charge in [0.25, 0.3) is 0 Å². The lowest BCUT2D eigenvalue weighted by molar-refractivity contribution is -0.137. The van der Waals surface area contributed by atoms with Crippen LogP contribution in [0.5, 0.6) is 5.75 Å². The number of piperidine rings is 1. The molecule has 0 saturated carbocycles. The molecule has 2 aliphatic rings. The van der Waals surface area contributed by atoms with E-state index in [0.29, 0.717) is 12.8 Å². The highest BCUT2D eigenvalue weighted by Crippen LogP contribution is 2.35. The summed E-state index contributed by atoms with van der Waals surface area (Å²) in [6.45, 7) is 1.30. The first-order valence-electron chi connectivity index (χ1n) is 10.6. The minimum atomic E-state index is -3.68. The smallest absolute Gasteiger partial charge is 0.243 e. The lowest BCUT2D eigenvalue weighted by Gasteiger charge is -2.34. The van der Waals surface area contributed by atoms with Gasteiger partial charge in [-0.1, -0.05) is 12.1 Å². The van der Waals surface area contributed by atoms with Crippen molar-refractivity contribution >= 4 is 15.9 Å². The lowest BCUT2D eigenvalue weighted by Crippen LogP contribution is -2.44. The zero-order chi connectivity index (χ0) is 22.0. The fraction of sp³-hybridized carbons (Fsp3) is 0.435. The van der Waals surface area contributed by atoms with Crippen LogP contribution in [-0.4, -0.2) is 50.3 Å². The Kier molecular flexibility index (Phi) is 6.29. The molecule has 2 aromatic rings. The van der Waals surface area contributed by atoms with Crippen LogP contribution in [0.1, 0.15) is 37.3 Å². The Hall–Kier alpha value is -2.45. The summed E-state index contributed by atoms with van der Waals surface area (Å²) in [6, 6.07) is 12.8.